The molecule has 10 heteroatoms. The smallest absolute Gasteiger partial charge is 0.296 e. The number of carbonyl (C=O) groups is 2. The maximum atomic E-state index is 13.1. The lowest BCUT2D eigenvalue weighted by molar-refractivity contribution is 0.0845. The number of pyridine rings is 1. The van der Waals surface area contributed by atoms with Crippen molar-refractivity contribution in [3.63, 3.8) is 0 Å². The highest BCUT2D eigenvalue weighted by molar-refractivity contribution is 5.95. The van der Waals surface area contributed by atoms with Crippen LogP contribution in [0.4, 0.5) is 4.39 Å². The minimum Gasteiger partial charge on any atom is -0.501 e. The predicted octanol–water partition coefficient (Wildman–Crippen LogP) is 2.24. The molecule has 1 saturated carbocycles. The number of benzene rings is 1. The highest BCUT2D eigenvalue weighted by Gasteiger charge is 2.46. The van der Waals surface area contributed by atoms with Crippen molar-refractivity contribution in [3.8, 4) is 5.75 Å². The van der Waals surface area contributed by atoms with Gasteiger partial charge in [0.25, 0.3) is 17.4 Å². The number of nitrogens with one attached hydrogen (secondary N) is 2. The molecule has 9 nitrogen and oxygen atoms in total. The number of fused-ring (bicyclic) bond motifs is 2. The fraction of sp³-hybridized carbons (Fsp3) is 0.320. The van der Waals surface area contributed by atoms with Crippen LogP contribution in [0.3, 0.4) is 0 Å². The topological polar surface area (TPSA) is 126 Å². The number of aromatic nitrogens is 3. The average molecular weight is 477 g/mol. The van der Waals surface area contributed by atoms with E-state index in [1.54, 1.807) is 18.2 Å². The second-order valence-corrected chi connectivity index (χ2v) is 9.05. The third-order valence-corrected chi connectivity index (χ3v) is 6.80. The Bertz CT molecular complexity index is 1330. The Morgan fingerprint density at radius 2 is 1.86 bits per heavy atom. The van der Waals surface area contributed by atoms with Gasteiger partial charge in [-0.05, 0) is 61.4 Å². The van der Waals surface area contributed by atoms with Crippen molar-refractivity contribution in [2.45, 2.75) is 44.3 Å². The molecule has 4 heterocycles. The normalized spacial score (nSPS) is 20.5. The minimum atomic E-state index is -0.972. The molecule has 35 heavy (non-hydrogen) atoms. The van der Waals surface area contributed by atoms with Crippen molar-refractivity contribution < 1.29 is 19.1 Å². The van der Waals surface area contributed by atoms with Gasteiger partial charge in [-0.25, -0.2) is 9.37 Å². The Hall–Kier alpha value is -4.08. The summed E-state index contributed by atoms with van der Waals surface area (Å²) in [5.41, 5.74) is -1.21. The average Bonchev–Trinajstić information content (AvgIpc) is 3.12. The van der Waals surface area contributed by atoms with Gasteiger partial charge in [-0.1, -0.05) is 18.2 Å². The summed E-state index contributed by atoms with van der Waals surface area (Å²) in [6.45, 7) is 0.412. The predicted molar refractivity (Wildman–Crippen MR) is 123 cm³/mol. The zero-order chi connectivity index (χ0) is 24.6. The Balaban J connectivity index is 1.50. The van der Waals surface area contributed by atoms with Crippen molar-refractivity contribution in [1.29, 1.82) is 0 Å². The van der Waals surface area contributed by atoms with E-state index in [1.807, 2.05) is 0 Å². The van der Waals surface area contributed by atoms with E-state index in [4.69, 9.17) is 0 Å². The fourth-order valence-corrected chi connectivity index (χ4v) is 4.90. The van der Waals surface area contributed by atoms with Crippen LogP contribution >= 0.6 is 0 Å². The van der Waals surface area contributed by atoms with Crippen molar-refractivity contribution in [3.05, 3.63) is 87.6 Å². The van der Waals surface area contributed by atoms with E-state index < -0.39 is 40.2 Å². The molecule has 3 N–H and O–H groups in total. The summed E-state index contributed by atoms with van der Waals surface area (Å²) < 4.78 is 14.5. The highest BCUT2D eigenvalue weighted by atomic mass is 19.1. The molecule has 0 radical (unpaired) electrons. The van der Waals surface area contributed by atoms with Crippen LogP contribution in [0, 0.1) is 11.7 Å². The molecule has 3 aromatic rings. The molecule has 1 aromatic carbocycles. The van der Waals surface area contributed by atoms with Gasteiger partial charge in [0.2, 0.25) is 5.75 Å². The number of carbonyl (C=O) groups excluding carboxylic acids is 2. The molecule has 0 saturated heterocycles. The molecular formula is C25H24FN5O4. The van der Waals surface area contributed by atoms with E-state index in [1.165, 1.54) is 35.0 Å². The maximum Gasteiger partial charge on any atom is 0.296 e. The lowest BCUT2D eigenvalue weighted by Gasteiger charge is -2.37. The van der Waals surface area contributed by atoms with E-state index in [9.17, 15) is 23.9 Å². The number of hydrogen-bond donors (Lipinski definition) is 3. The van der Waals surface area contributed by atoms with Gasteiger partial charge in [-0.3, -0.25) is 23.9 Å². The lowest BCUT2D eigenvalue weighted by Crippen LogP contribution is -2.50. The van der Waals surface area contributed by atoms with Crippen LogP contribution in [0.15, 0.2) is 53.5 Å². The van der Waals surface area contributed by atoms with E-state index in [0.29, 0.717) is 24.9 Å². The third kappa shape index (κ3) is 4.27. The fourth-order valence-electron chi connectivity index (χ4n) is 4.90. The molecule has 0 atom stereocenters. The van der Waals surface area contributed by atoms with Crippen LogP contribution in [0.1, 0.15) is 58.0 Å². The van der Waals surface area contributed by atoms with E-state index in [0.717, 1.165) is 12.8 Å². The first kappa shape index (κ1) is 22.7. The first-order chi connectivity index (χ1) is 16.9. The first-order valence-electron chi connectivity index (χ1n) is 11.5. The van der Waals surface area contributed by atoms with E-state index in [2.05, 4.69) is 20.6 Å². The number of amides is 2. The molecule has 180 valence electrons. The zero-order valence-electron chi connectivity index (χ0n) is 18.8. The van der Waals surface area contributed by atoms with Gasteiger partial charge in [0.1, 0.15) is 17.3 Å². The SMILES string of the molecule is O=C(NC12CCC(CC1)Cn1c2nc(C(=O)NCc2ccc(F)cc2)c(O)c1=O)c1ccccn1. The monoisotopic (exact) mass is 477 g/mol. The third-order valence-electron chi connectivity index (χ3n) is 6.80. The molecule has 2 aromatic heterocycles. The van der Waals surface area contributed by atoms with Gasteiger partial charge in [0, 0.05) is 19.3 Å². The largest absolute Gasteiger partial charge is 0.501 e. The standard InChI is InChI=1S/C25H24FN5O4/c26-17-6-4-15(5-7-17)13-28-22(34)19-20(32)23(35)31-14-16-8-10-25(11-9-16,24(31)29-19)30-21(33)18-3-1-2-12-27-18/h1-7,12,16,32H,8-11,13-14H2,(H,28,34)(H,30,33). The van der Waals surface area contributed by atoms with Crippen LogP contribution in [-0.2, 0) is 18.6 Å². The highest BCUT2D eigenvalue weighted by Crippen LogP contribution is 2.43. The van der Waals surface area contributed by atoms with E-state index in [-0.39, 0.29) is 24.0 Å². The van der Waals surface area contributed by atoms with Crippen LogP contribution in [0.25, 0.3) is 0 Å². The zero-order valence-corrected chi connectivity index (χ0v) is 18.8. The lowest BCUT2D eigenvalue weighted by atomic mass is 9.77. The van der Waals surface area contributed by atoms with Gasteiger partial charge in [0.05, 0.1) is 5.54 Å². The van der Waals surface area contributed by atoms with Crippen LogP contribution in [0.5, 0.6) is 5.75 Å². The first-order valence-corrected chi connectivity index (χ1v) is 11.5. The second-order valence-electron chi connectivity index (χ2n) is 9.05. The Labute approximate surface area is 200 Å². The molecule has 1 aliphatic carbocycles. The Morgan fingerprint density at radius 3 is 2.54 bits per heavy atom. The molecule has 2 bridgehead atoms. The summed E-state index contributed by atoms with van der Waals surface area (Å²) in [5, 5.41) is 16.2. The van der Waals surface area contributed by atoms with Crippen molar-refractivity contribution in [2.24, 2.45) is 5.92 Å². The summed E-state index contributed by atoms with van der Waals surface area (Å²) in [5.74, 6) is -1.81. The van der Waals surface area contributed by atoms with Crippen LogP contribution < -0.4 is 16.2 Å². The Kier molecular flexibility index (Phi) is 5.80. The van der Waals surface area contributed by atoms with Gasteiger partial charge >= 0.3 is 0 Å². The van der Waals surface area contributed by atoms with Crippen molar-refractivity contribution in [1.82, 2.24) is 25.2 Å². The molecule has 1 fully saturated rings. The van der Waals surface area contributed by atoms with Gasteiger partial charge in [0.15, 0.2) is 5.69 Å². The maximum absolute atomic E-state index is 13.1. The summed E-state index contributed by atoms with van der Waals surface area (Å²) in [4.78, 5) is 47.7. The molecule has 0 unspecified atom stereocenters. The van der Waals surface area contributed by atoms with E-state index >= 15 is 0 Å². The summed E-state index contributed by atoms with van der Waals surface area (Å²) in [6.07, 6.45) is 4.14. The van der Waals surface area contributed by atoms with Gasteiger partial charge in [-0.15, -0.1) is 0 Å². The number of nitrogens with zero attached hydrogens (tertiary/aromatic N) is 3. The molecular weight excluding hydrogens is 453 g/mol. The molecule has 0 spiro atoms. The van der Waals surface area contributed by atoms with Gasteiger partial charge < -0.3 is 15.7 Å². The number of hydrogen-bond acceptors (Lipinski definition) is 6. The van der Waals surface area contributed by atoms with Crippen LogP contribution in [0.2, 0.25) is 0 Å². The summed E-state index contributed by atoms with van der Waals surface area (Å²) in [7, 11) is 0. The van der Waals surface area contributed by atoms with Crippen molar-refractivity contribution in [2.75, 3.05) is 0 Å². The Morgan fingerprint density at radius 1 is 1.11 bits per heavy atom. The second kappa shape index (κ2) is 8.94. The number of halogens is 1. The summed E-state index contributed by atoms with van der Waals surface area (Å²) in [6, 6.07) is 10.6. The summed E-state index contributed by atoms with van der Waals surface area (Å²) >= 11 is 0. The van der Waals surface area contributed by atoms with Crippen molar-refractivity contribution >= 4 is 11.8 Å². The number of aromatic hydroxyl groups is 1. The van der Waals surface area contributed by atoms with Crippen LogP contribution in [-0.4, -0.2) is 31.5 Å². The molecule has 2 amide bonds. The quantitative estimate of drug-likeness (QED) is 0.518. The molecule has 3 aliphatic rings. The van der Waals surface area contributed by atoms with Gasteiger partial charge in [-0.2, -0.15) is 0 Å². The molecule has 2 aliphatic heterocycles. The molecule has 6 rings (SSSR count). The minimum absolute atomic E-state index is 0.0578. The number of rotatable bonds is 5.